The number of hydrogen-bond acceptors (Lipinski definition) is 2. The van der Waals surface area contributed by atoms with E-state index in [1.807, 2.05) is 0 Å². The molecule has 15 heavy (non-hydrogen) atoms. The van der Waals surface area contributed by atoms with Gasteiger partial charge in [0, 0.05) is 19.2 Å². The number of rotatable bonds is 2. The lowest BCUT2D eigenvalue weighted by molar-refractivity contribution is -0.0826. The van der Waals surface area contributed by atoms with Gasteiger partial charge in [0.15, 0.2) is 0 Å². The van der Waals surface area contributed by atoms with Gasteiger partial charge in [-0.1, -0.05) is 6.42 Å². The molecule has 1 aromatic heterocycles. The summed E-state index contributed by atoms with van der Waals surface area (Å²) in [5.74, 6) is -2.64. The fraction of sp³-hybridized carbons (Fsp3) is 0.700. The number of alkyl halides is 2. The van der Waals surface area contributed by atoms with Gasteiger partial charge in [-0.15, -0.1) is 0 Å². The monoisotopic (exact) mass is 215 g/mol. The van der Waals surface area contributed by atoms with Crippen molar-refractivity contribution < 1.29 is 8.78 Å². The van der Waals surface area contributed by atoms with Crippen LogP contribution in [0.3, 0.4) is 0 Å². The summed E-state index contributed by atoms with van der Waals surface area (Å²) < 4.78 is 28.7. The van der Waals surface area contributed by atoms with Crippen molar-refractivity contribution in [3.8, 4) is 0 Å². The first-order chi connectivity index (χ1) is 7.15. The molecule has 1 aliphatic carbocycles. The van der Waals surface area contributed by atoms with Crippen LogP contribution >= 0.6 is 0 Å². The van der Waals surface area contributed by atoms with Gasteiger partial charge in [-0.25, -0.2) is 8.78 Å². The second kappa shape index (κ2) is 3.89. The first kappa shape index (κ1) is 10.5. The SMILES string of the molecule is NCc1ccnn1C1CCCCC1(F)F. The van der Waals surface area contributed by atoms with Crippen molar-refractivity contribution in [2.45, 2.75) is 44.2 Å². The maximum atomic E-state index is 13.6. The van der Waals surface area contributed by atoms with E-state index in [4.69, 9.17) is 5.73 Å². The largest absolute Gasteiger partial charge is 0.325 e. The average Bonchev–Trinajstić information content (AvgIpc) is 2.64. The van der Waals surface area contributed by atoms with Gasteiger partial charge in [-0.3, -0.25) is 4.68 Å². The van der Waals surface area contributed by atoms with Crippen LogP contribution in [0.4, 0.5) is 8.78 Å². The molecule has 1 atom stereocenters. The van der Waals surface area contributed by atoms with Gasteiger partial charge in [0.05, 0.1) is 5.69 Å². The molecule has 3 nitrogen and oxygen atoms in total. The molecule has 1 fully saturated rings. The highest BCUT2D eigenvalue weighted by Gasteiger charge is 2.43. The van der Waals surface area contributed by atoms with E-state index in [0.29, 0.717) is 18.5 Å². The molecule has 1 aliphatic rings. The van der Waals surface area contributed by atoms with Crippen LogP contribution in [0, 0.1) is 0 Å². The predicted molar refractivity (Wildman–Crippen MR) is 52.6 cm³/mol. The van der Waals surface area contributed by atoms with E-state index in [2.05, 4.69) is 5.10 Å². The molecule has 2 N–H and O–H groups in total. The topological polar surface area (TPSA) is 43.8 Å². The fourth-order valence-corrected chi connectivity index (χ4v) is 2.16. The zero-order valence-electron chi connectivity index (χ0n) is 8.50. The molecule has 1 saturated carbocycles. The van der Waals surface area contributed by atoms with Gasteiger partial charge in [0.1, 0.15) is 6.04 Å². The zero-order valence-corrected chi connectivity index (χ0v) is 8.50. The van der Waals surface area contributed by atoms with Crippen LogP contribution in [0.25, 0.3) is 0 Å². The Labute approximate surface area is 87.3 Å². The molecule has 5 heteroatoms. The van der Waals surface area contributed by atoms with Gasteiger partial charge >= 0.3 is 0 Å². The van der Waals surface area contributed by atoms with Crippen molar-refractivity contribution in [1.82, 2.24) is 9.78 Å². The normalized spacial score (nSPS) is 25.4. The highest BCUT2D eigenvalue weighted by molar-refractivity contribution is 5.03. The molecule has 2 rings (SSSR count). The van der Waals surface area contributed by atoms with E-state index in [9.17, 15) is 8.78 Å². The maximum absolute atomic E-state index is 13.6. The van der Waals surface area contributed by atoms with E-state index in [1.54, 1.807) is 6.07 Å². The Hall–Kier alpha value is -0.970. The van der Waals surface area contributed by atoms with E-state index in [1.165, 1.54) is 10.9 Å². The highest BCUT2D eigenvalue weighted by atomic mass is 19.3. The summed E-state index contributed by atoms with van der Waals surface area (Å²) in [4.78, 5) is 0. The minimum absolute atomic E-state index is 0.0401. The van der Waals surface area contributed by atoms with Crippen molar-refractivity contribution >= 4 is 0 Å². The minimum atomic E-state index is -2.64. The predicted octanol–water partition coefficient (Wildman–Crippen LogP) is 2.09. The van der Waals surface area contributed by atoms with E-state index in [-0.39, 0.29) is 13.0 Å². The molecular formula is C10H15F2N3. The molecule has 0 amide bonds. The Balaban J connectivity index is 2.28. The summed E-state index contributed by atoms with van der Waals surface area (Å²) >= 11 is 0. The molecule has 1 heterocycles. The van der Waals surface area contributed by atoms with Crippen molar-refractivity contribution in [2.75, 3.05) is 0 Å². The quantitative estimate of drug-likeness (QED) is 0.821. The summed E-state index contributed by atoms with van der Waals surface area (Å²) in [6.07, 6.45) is 3.42. The molecule has 0 saturated heterocycles. The minimum Gasteiger partial charge on any atom is -0.325 e. The smallest absolute Gasteiger partial charge is 0.270 e. The molecule has 0 bridgehead atoms. The molecule has 0 aromatic carbocycles. The second-order valence-corrected chi connectivity index (χ2v) is 3.99. The van der Waals surface area contributed by atoms with Crippen LogP contribution < -0.4 is 5.73 Å². The lowest BCUT2D eigenvalue weighted by atomic mass is 9.91. The Bertz CT molecular complexity index is 335. The summed E-state index contributed by atoms with van der Waals surface area (Å²) in [5.41, 5.74) is 6.17. The van der Waals surface area contributed by atoms with Crippen molar-refractivity contribution in [2.24, 2.45) is 5.73 Å². The first-order valence-corrected chi connectivity index (χ1v) is 5.25. The number of nitrogens with two attached hydrogens (primary N) is 1. The molecular weight excluding hydrogens is 200 g/mol. The zero-order chi connectivity index (χ0) is 10.9. The third-order valence-corrected chi connectivity index (χ3v) is 2.98. The van der Waals surface area contributed by atoms with Crippen LogP contribution in [0.1, 0.15) is 37.4 Å². The Morgan fingerprint density at radius 3 is 3.00 bits per heavy atom. The first-order valence-electron chi connectivity index (χ1n) is 5.25. The van der Waals surface area contributed by atoms with E-state index >= 15 is 0 Å². The fourth-order valence-electron chi connectivity index (χ4n) is 2.16. The molecule has 84 valence electrons. The van der Waals surface area contributed by atoms with Crippen molar-refractivity contribution in [3.05, 3.63) is 18.0 Å². The lowest BCUT2D eigenvalue weighted by Crippen LogP contribution is -2.35. The maximum Gasteiger partial charge on any atom is 0.270 e. The number of nitrogens with zero attached hydrogens (tertiary/aromatic N) is 2. The number of hydrogen-bond donors (Lipinski definition) is 1. The molecule has 0 spiro atoms. The summed E-state index contributed by atoms with van der Waals surface area (Å²) in [6, 6.07) is 0.893. The summed E-state index contributed by atoms with van der Waals surface area (Å²) in [7, 11) is 0. The molecule has 1 aromatic rings. The average molecular weight is 215 g/mol. The summed E-state index contributed by atoms with van der Waals surface area (Å²) in [6.45, 7) is 0.257. The van der Waals surface area contributed by atoms with Gasteiger partial charge in [-0.2, -0.15) is 5.10 Å². The molecule has 0 aliphatic heterocycles. The standard InChI is InChI=1S/C10H15F2N3/c11-10(12)5-2-1-3-9(10)15-8(7-13)4-6-14-15/h4,6,9H,1-3,5,7,13H2. The lowest BCUT2D eigenvalue weighted by Gasteiger charge is -2.32. The van der Waals surface area contributed by atoms with Crippen LogP contribution in [-0.4, -0.2) is 15.7 Å². The Morgan fingerprint density at radius 2 is 2.33 bits per heavy atom. The second-order valence-electron chi connectivity index (χ2n) is 3.99. The van der Waals surface area contributed by atoms with Crippen LogP contribution in [-0.2, 0) is 6.54 Å². The number of aromatic nitrogens is 2. The molecule has 0 radical (unpaired) electrons. The third kappa shape index (κ3) is 1.88. The molecule has 1 unspecified atom stereocenters. The van der Waals surface area contributed by atoms with Crippen molar-refractivity contribution in [3.63, 3.8) is 0 Å². The Morgan fingerprint density at radius 1 is 1.53 bits per heavy atom. The van der Waals surface area contributed by atoms with Crippen LogP contribution in [0.5, 0.6) is 0 Å². The van der Waals surface area contributed by atoms with E-state index < -0.39 is 12.0 Å². The van der Waals surface area contributed by atoms with Gasteiger partial charge < -0.3 is 5.73 Å². The number of halogens is 2. The van der Waals surface area contributed by atoms with Gasteiger partial charge in [0.2, 0.25) is 0 Å². The van der Waals surface area contributed by atoms with Gasteiger partial charge in [-0.05, 0) is 18.9 Å². The van der Waals surface area contributed by atoms with E-state index in [0.717, 1.165) is 6.42 Å². The Kier molecular flexibility index (Phi) is 2.73. The third-order valence-electron chi connectivity index (χ3n) is 2.98. The summed E-state index contributed by atoms with van der Waals surface area (Å²) in [5, 5.41) is 3.96. The highest BCUT2D eigenvalue weighted by Crippen LogP contribution is 2.41. The van der Waals surface area contributed by atoms with Crippen molar-refractivity contribution in [1.29, 1.82) is 0 Å². The van der Waals surface area contributed by atoms with Crippen LogP contribution in [0.2, 0.25) is 0 Å². The van der Waals surface area contributed by atoms with Gasteiger partial charge in [0.25, 0.3) is 5.92 Å². The van der Waals surface area contributed by atoms with Crippen LogP contribution in [0.15, 0.2) is 12.3 Å².